The van der Waals surface area contributed by atoms with Crippen molar-refractivity contribution in [1.82, 2.24) is 4.83 Å². The Morgan fingerprint density at radius 2 is 1.74 bits per heavy atom. The molecule has 0 heterocycles. The van der Waals surface area contributed by atoms with Gasteiger partial charge in [0.25, 0.3) is 10.0 Å². The van der Waals surface area contributed by atoms with E-state index in [4.69, 9.17) is 11.6 Å². The third kappa shape index (κ3) is 5.08. The topological polar surface area (TPSA) is 58.5 Å². The van der Waals surface area contributed by atoms with Crippen LogP contribution in [0.4, 0.5) is 0 Å². The van der Waals surface area contributed by atoms with Gasteiger partial charge in [0, 0.05) is 5.02 Å². The van der Waals surface area contributed by atoms with E-state index in [1.807, 2.05) is 30.3 Å². The molecule has 0 fully saturated rings. The van der Waals surface area contributed by atoms with Crippen LogP contribution >= 0.6 is 11.6 Å². The Kier molecular flexibility index (Phi) is 6.19. The second kappa shape index (κ2) is 8.13. The zero-order chi connectivity index (χ0) is 16.7. The second-order valence-corrected chi connectivity index (χ2v) is 7.17. The van der Waals surface area contributed by atoms with Crippen LogP contribution in [0, 0.1) is 0 Å². The Morgan fingerprint density at radius 1 is 1.09 bits per heavy atom. The van der Waals surface area contributed by atoms with Gasteiger partial charge in [0.05, 0.1) is 10.6 Å². The van der Waals surface area contributed by atoms with Crippen LogP contribution in [-0.4, -0.2) is 14.1 Å². The van der Waals surface area contributed by atoms with E-state index in [1.54, 1.807) is 0 Å². The van der Waals surface area contributed by atoms with Crippen molar-refractivity contribution in [3.05, 3.63) is 65.2 Å². The monoisotopic (exact) mass is 350 g/mol. The number of unbranched alkanes of at least 4 members (excludes halogenated alkanes) is 1. The van der Waals surface area contributed by atoms with Gasteiger partial charge in [0.15, 0.2) is 0 Å². The smallest absolute Gasteiger partial charge is 0.200 e. The van der Waals surface area contributed by atoms with Crippen LogP contribution in [0.2, 0.25) is 5.02 Å². The summed E-state index contributed by atoms with van der Waals surface area (Å²) in [6, 6.07) is 15.6. The minimum atomic E-state index is -3.70. The first-order valence-corrected chi connectivity index (χ1v) is 9.28. The molecule has 2 aromatic carbocycles. The molecule has 0 atom stereocenters. The molecule has 0 radical (unpaired) electrons. The zero-order valence-corrected chi connectivity index (χ0v) is 14.4. The Bertz CT molecular complexity index is 757. The SMILES string of the molecule is CCCC/C(=N\NS(=O)(=O)c1ccc(Cl)cc1)c1ccccc1. The maximum Gasteiger partial charge on any atom is 0.276 e. The second-order valence-electron chi connectivity index (χ2n) is 5.08. The van der Waals surface area contributed by atoms with E-state index in [0.717, 1.165) is 24.1 Å². The third-order valence-corrected chi connectivity index (χ3v) is 4.78. The maximum absolute atomic E-state index is 12.3. The van der Waals surface area contributed by atoms with E-state index < -0.39 is 10.0 Å². The Labute approximate surface area is 142 Å². The molecule has 0 unspecified atom stereocenters. The van der Waals surface area contributed by atoms with Gasteiger partial charge in [-0.05, 0) is 42.7 Å². The van der Waals surface area contributed by atoms with E-state index in [0.29, 0.717) is 11.4 Å². The quantitative estimate of drug-likeness (QED) is 0.600. The van der Waals surface area contributed by atoms with Gasteiger partial charge in [-0.1, -0.05) is 55.3 Å². The summed E-state index contributed by atoms with van der Waals surface area (Å²) in [5.41, 5.74) is 1.64. The van der Waals surface area contributed by atoms with Crippen LogP contribution in [0.5, 0.6) is 0 Å². The molecule has 122 valence electrons. The van der Waals surface area contributed by atoms with Gasteiger partial charge in [0.2, 0.25) is 0 Å². The number of hydrazone groups is 1. The van der Waals surface area contributed by atoms with E-state index >= 15 is 0 Å². The molecular weight excluding hydrogens is 332 g/mol. The summed E-state index contributed by atoms with van der Waals surface area (Å²) in [5.74, 6) is 0. The Hall–Kier alpha value is -1.85. The van der Waals surface area contributed by atoms with Crippen LogP contribution < -0.4 is 4.83 Å². The maximum atomic E-state index is 12.3. The lowest BCUT2D eigenvalue weighted by atomic mass is 10.1. The fourth-order valence-electron chi connectivity index (χ4n) is 2.02. The highest BCUT2D eigenvalue weighted by Gasteiger charge is 2.13. The van der Waals surface area contributed by atoms with Gasteiger partial charge in [-0.2, -0.15) is 18.4 Å². The number of sulfonamides is 1. The average Bonchev–Trinajstić information content (AvgIpc) is 2.56. The molecule has 0 aromatic heterocycles. The van der Waals surface area contributed by atoms with Crippen molar-refractivity contribution >= 4 is 27.3 Å². The fraction of sp³-hybridized carbons (Fsp3) is 0.235. The van der Waals surface area contributed by atoms with E-state index in [1.165, 1.54) is 24.3 Å². The third-order valence-electron chi connectivity index (χ3n) is 3.30. The molecule has 0 aliphatic rings. The molecule has 6 heteroatoms. The van der Waals surface area contributed by atoms with Gasteiger partial charge in [0.1, 0.15) is 0 Å². The molecule has 0 aliphatic carbocycles. The predicted octanol–water partition coefficient (Wildman–Crippen LogP) is 4.21. The Morgan fingerprint density at radius 3 is 2.35 bits per heavy atom. The van der Waals surface area contributed by atoms with Gasteiger partial charge in [-0.3, -0.25) is 0 Å². The summed E-state index contributed by atoms with van der Waals surface area (Å²) in [4.78, 5) is 2.45. The first kappa shape index (κ1) is 17.5. The Balaban J connectivity index is 2.23. The van der Waals surface area contributed by atoms with E-state index in [-0.39, 0.29) is 4.90 Å². The minimum absolute atomic E-state index is 0.133. The van der Waals surface area contributed by atoms with Gasteiger partial charge in [-0.25, -0.2) is 0 Å². The molecular formula is C17H19ClN2O2S. The van der Waals surface area contributed by atoms with Crippen molar-refractivity contribution in [2.24, 2.45) is 5.10 Å². The summed E-state index contributed by atoms with van der Waals surface area (Å²) < 4.78 is 24.6. The summed E-state index contributed by atoms with van der Waals surface area (Å²) >= 11 is 5.78. The lowest BCUT2D eigenvalue weighted by Crippen LogP contribution is -2.20. The minimum Gasteiger partial charge on any atom is -0.200 e. The summed E-state index contributed by atoms with van der Waals surface area (Å²) in [7, 11) is -3.70. The largest absolute Gasteiger partial charge is 0.276 e. The molecule has 0 aliphatic heterocycles. The van der Waals surface area contributed by atoms with Crippen LogP contribution in [0.1, 0.15) is 31.7 Å². The molecule has 0 amide bonds. The number of nitrogens with one attached hydrogen (secondary N) is 1. The predicted molar refractivity (Wildman–Crippen MR) is 94.3 cm³/mol. The molecule has 0 spiro atoms. The highest BCUT2D eigenvalue weighted by atomic mass is 35.5. The van der Waals surface area contributed by atoms with Crippen molar-refractivity contribution in [3.63, 3.8) is 0 Å². The molecule has 0 saturated carbocycles. The normalized spacial score (nSPS) is 12.2. The van der Waals surface area contributed by atoms with Crippen LogP contribution in [-0.2, 0) is 10.0 Å². The summed E-state index contributed by atoms with van der Waals surface area (Å²) in [6.45, 7) is 2.08. The average molecular weight is 351 g/mol. The van der Waals surface area contributed by atoms with Crippen LogP contribution in [0.25, 0.3) is 0 Å². The van der Waals surface area contributed by atoms with Crippen LogP contribution in [0.3, 0.4) is 0 Å². The first-order chi connectivity index (χ1) is 11.0. The number of halogens is 1. The number of hydrogen-bond acceptors (Lipinski definition) is 3. The highest BCUT2D eigenvalue weighted by molar-refractivity contribution is 7.89. The highest BCUT2D eigenvalue weighted by Crippen LogP contribution is 2.14. The fourth-order valence-corrected chi connectivity index (χ4v) is 2.98. The van der Waals surface area contributed by atoms with Gasteiger partial charge < -0.3 is 0 Å². The van der Waals surface area contributed by atoms with Crippen molar-refractivity contribution in [2.45, 2.75) is 31.1 Å². The number of nitrogens with zero attached hydrogens (tertiary/aromatic N) is 1. The van der Waals surface area contributed by atoms with Gasteiger partial charge >= 0.3 is 0 Å². The van der Waals surface area contributed by atoms with Crippen LogP contribution in [0.15, 0.2) is 64.6 Å². The zero-order valence-electron chi connectivity index (χ0n) is 12.9. The molecule has 23 heavy (non-hydrogen) atoms. The lowest BCUT2D eigenvalue weighted by Gasteiger charge is -2.08. The first-order valence-electron chi connectivity index (χ1n) is 7.42. The van der Waals surface area contributed by atoms with Gasteiger partial charge in [-0.15, -0.1) is 0 Å². The molecule has 0 bridgehead atoms. The van der Waals surface area contributed by atoms with Crippen molar-refractivity contribution < 1.29 is 8.42 Å². The number of benzene rings is 2. The van der Waals surface area contributed by atoms with E-state index in [9.17, 15) is 8.42 Å². The number of rotatable bonds is 7. The summed E-state index contributed by atoms with van der Waals surface area (Å²) in [5, 5.41) is 4.63. The standard InChI is InChI=1S/C17H19ClN2O2S/c1-2-3-9-17(14-7-5-4-6-8-14)19-20-23(21,22)16-12-10-15(18)11-13-16/h4-8,10-13,20H,2-3,9H2,1H3/b19-17+. The molecule has 4 nitrogen and oxygen atoms in total. The summed E-state index contributed by atoms with van der Waals surface area (Å²) in [6.07, 6.45) is 2.66. The molecule has 0 saturated heterocycles. The van der Waals surface area contributed by atoms with E-state index in [2.05, 4.69) is 16.9 Å². The lowest BCUT2D eigenvalue weighted by molar-refractivity contribution is 0.584. The number of hydrogen-bond donors (Lipinski definition) is 1. The molecule has 1 N–H and O–H groups in total. The molecule has 2 rings (SSSR count). The van der Waals surface area contributed by atoms with Crippen molar-refractivity contribution in [2.75, 3.05) is 0 Å². The van der Waals surface area contributed by atoms with Crippen molar-refractivity contribution in [3.8, 4) is 0 Å². The van der Waals surface area contributed by atoms with Crippen molar-refractivity contribution in [1.29, 1.82) is 0 Å². The molecule has 2 aromatic rings.